The van der Waals surface area contributed by atoms with Crippen molar-refractivity contribution in [2.75, 3.05) is 13.7 Å². The molecule has 102 valence electrons. The molecule has 0 fully saturated rings. The first kappa shape index (κ1) is 15.0. The van der Waals surface area contributed by atoms with E-state index in [1.54, 1.807) is 0 Å². The lowest BCUT2D eigenvalue weighted by atomic mass is 10.0. The molecule has 0 heterocycles. The molecular weight excluding hydrogens is 222 g/mol. The molecule has 1 aromatic rings. The Labute approximate surface area is 112 Å². The highest BCUT2D eigenvalue weighted by molar-refractivity contribution is 5.29. The van der Waals surface area contributed by atoms with Gasteiger partial charge in [0.2, 0.25) is 0 Å². The van der Waals surface area contributed by atoms with Gasteiger partial charge in [-0.25, -0.2) is 0 Å². The predicted molar refractivity (Wildman–Crippen MR) is 78.1 cm³/mol. The lowest BCUT2D eigenvalue weighted by Gasteiger charge is -2.16. The summed E-state index contributed by atoms with van der Waals surface area (Å²) in [5.74, 6) is 1.61. The smallest absolute Gasteiger partial charge is 0.119 e. The van der Waals surface area contributed by atoms with Crippen molar-refractivity contribution in [1.29, 1.82) is 0 Å². The number of hydrogen-bond acceptors (Lipinski definition) is 2. The maximum absolute atomic E-state index is 5.80. The van der Waals surface area contributed by atoms with E-state index in [1.165, 1.54) is 18.4 Å². The summed E-state index contributed by atoms with van der Waals surface area (Å²) in [4.78, 5) is 0. The van der Waals surface area contributed by atoms with E-state index in [-0.39, 0.29) is 0 Å². The van der Waals surface area contributed by atoms with Crippen LogP contribution in [0.25, 0.3) is 0 Å². The van der Waals surface area contributed by atoms with E-state index in [2.05, 4.69) is 50.4 Å². The monoisotopic (exact) mass is 249 g/mol. The van der Waals surface area contributed by atoms with Gasteiger partial charge in [0.15, 0.2) is 0 Å². The van der Waals surface area contributed by atoms with Crippen LogP contribution in [0, 0.1) is 5.92 Å². The Hall–Kier alpha value is -1.02. The zero-order valence-corrected chi connectivity index (χ0v) is 12.2. The Bertz CT molecular complexity index is 316. The second-order valence-corrected chi connectivity index (χ2v) is 5.02. The molecule has 0 radical (unpaired) electrons. The molecular formula is C16H27NO. The van der Waals surface area contributed by atoms with Crippen LogP contribution in [0.4, 0.5) is 0 Å². The Morgan fingerprint density at radius 3 is 2.33 bits per heavy atom. The van der Waals surface area contributed by atoms with Gasteiger partial charge in [0.1, 0.15) is 5.75 Å². The second kappa shape index (κ2) is 8.15. The third kappa shape index (κ3) is 4.69. The third-order valence-corrected chi connectivity index (χ3v) is 3.36. The zero-order chi connectivity index (χ0) is 13.4. The van der Waals surface area contributed by atoms with E-state index in [1.807, 2.05) is 7.05 Å². The van der Waals surface area contributed by atoms with Gasteiger partial charge in [-0.05, 0) is 43.5 Å². The van der Waals surface area contributed by atoms with Gasteiger partial charge < -0.3 is 10.1 Å². The summed E-state index contributed by atoms with van der Waals surface area (Å²) in [6.45, 7) is 7.47. The van der Waals surface area contributed by atoms with Crippen LogP contribution in [0.2, 0.25) is 0 Å². The van der Waals surface area contributed by atoms with Crippen LogP contribution in [0.5, 0.6) is 5.75 Å². The molecule has 0 aliphatic heterocycles. The van der Waals surface area contributed by atoms with Crippen LogP contribution >= 0.6 is 0 Å². The van der Waals surface area contributed by atoms with Crippen molar-refractivity contribution in [3.8, 4) is 5.75 Å². The maximum Gasteiger partial charge on any atom is 0.119 e. The number of ether oxygens (including phenoxy) is 1. The quantitative estimate of drug-likeness (QED) is 0.746. The van der Waals surface area contributed by atoms with Crippen LogP contribution in [0.3, 0.4) is 0 Å². The third-order valence-electron chi connectivity index (χ3n) is 3.36. The lowest BCUT2D eigenvalue weighted by Crippen LogP contribution is -2.15. The fourth-order valence-electron chi connectivity index (χ4n) is 2.22. The van der Waals surface area contributed by atoms with E-state index in [0.717, 1.165) is 18.8 Å². The molecule has 1 N–H and O–H groups in total. The van der Waals surface area contributed by atoms with E-state index >= 15 is 0 Å². The first-order valence-corrected chi connectivity index (χ1v) is 7.11. The minimum Gasteiger partial charge on any atom is -0.493 e. The Morgan fingerprint density at radius 2 is 1.83 bits per heavy atom. The normalized spacial score (nSPS) is 14.2. The van der Waals surface area contributed by atoms with Gasteiger partial charge in [-0.1, -0.05) is 39.3 Å². The zero-order valence-electron chi connectivity index (χ0n) is 12.2. The predicted octanol–water partition coefficient (Wildman–Crippen LogP) is 4.17. The summed E-state index contributed by atoms with van der Waals surface area (Å²) in [5, 5.41) is 3.31. The standard InChI is InChI=1S/C16H27NO/c1-5-7-13(3)12-18-15-10-8-14(9-11-15)16(6-2)17-4/h8-11,13,16-17H,5-7,12H2,1-4H3. The molecule has 18 heavy (non-hydrogen) atoms. The molecule has 2 unspecified atom stereocenters. The first-order valence-electron chi connectivity index (χ1n) is 7.11. The molecule has 0 amide bonds. The van der Waals surface area contributed by atoms with E-state index in [9.17, 15) is 0 Å². The molecule has 0 saturated heterocycles. The molecule has 2 nitrogen and oxygen atoms in total. The highest BCUT2D eigenvalue weighted by Crippen LogP contribution is 2.20. The highest BCUT2D eigenvalue weighted by atomic mass is 16.5. The first-order chi connectivity index (χ1) is 8.71. The second-order valence-electron chi connectivity index (χ2n) is 5.02. The topological polar surface area (TPSA) is 21.3 Å². The van der Waals surface area contributed by atoms with Gasteiger partial charge in [-0.15, -0.1) is 0 Å². The van der Waals surface area contributed by atoms with Gasteiger partial charge in [-0.3, -0.25) is 0 Å². The van der Waals surface area contributed by atoms with Crippen LogP contribution in [-0.4, -0.2) is 13.7 Å². The van der Waals surface area contributed by atoms with E-state index in [4.69, 9.17) is 4.74 Å². The van der Waals surface area contributed by atoms with Gasteiger partial charge in [0.25, 0.3) is 0 Å². The van der Waals surface area contributed by atoms with Crippen molar-refractivity contribution >= 4 is 0 Å². The van der Waals surface area contributed by atoms with Crippen molar-refractivity contribution in [2.45, 2.75) is 46.1 Å². The van der Waals surface area contributed by atoms with Crippen LogP contribution in [-0.2, 0) is 0 Å². The van der Waals surface area contributed by atoms with Crippen molar-refractivity contribution in [2.24, 2.45) is 5.92 Å². The summed E-state index contributed by atoms with van der Waals surface area (Å²) in [5.41, 5.74) is 1.33. The molecule has 0 spiro atoms. The summed E-state index contributed by atoms with van der Waals surface area (Å²) >= 11 is 0. The molecule has 0 aliphatic rings. The molecule has 2 atom stereocenters. The molecule has 0 saturated carbocycles. The molecule has 1 rings (SSSR count). The van der Waals surface area contributed by atoms with Gasteiger partial charge in [0, 0.05) is 6.04 Å². The molecule has 0 bridgehead atoms. The largest absolute Gasteiger partial charge is 0.493 e. The summed E-state index contributed by atoms with van der Waals surface area (Å²) in [6, 6.07) is 8.91. The number of benzene rings is 1. The number of nitrogens with one attached hydrogen (secondary N) is 1. The number of hydrogen-bond donors (Lipinski definition) is 1. The SMILES string of the molecule is CCCC(C)COc1ccc(C(CC)NC)cc1. The minimum absolute atomic E-state index is 0.443. The van der Waals surface area contributed by atoms with Crippen molar-refractivity contribution in [3.05, 3.63) is 29.8 Å². The van der Waals surface area contributed by atoms with Gasteiger partial charge >= 0.3 is 0 Å². The average Bonchev–Trinajstić information content (AvgIpc) is 2.39. The molecule has 1 aromatic carbocycles. The highest BCUT2D eigenvalue weighted by Gasteiger charge is 2.06. The van der Waals surface area contributed by atoms with E-state index < -0.39 is 0 Å². The van der Waals surface area contributed by atoms with Crippen molar-refractivity contribution in [1.82, 2.24) is 5.32 Å². The van der Waals surface area contributed by atoms with Crippen LogP contribution in [0.15, 0.2) is 24.3 Å². The Balaban J connectivity index is 2.49. The molecule has 0 aliphatic carbocycles. The van der Waals surface area contributed by atoms with Crippen LogP contribution < -0.4 is 10.1 Å². The summed E-state index contributed by atoms with van der Waals surface area (Å²) in [6.07, 6.45) is 3.56. The fraction of sp³-hybridized carbons (Fsp3) is 0.625. The van der Waals surface area contributed by atoms with Crippen molar-refractivity contribution < 1.29 is 4.74 Å². The average molecular weight is 249 g/mol. The van der Waals surface area contributed by atoms with Gasteiger partial charge in [0.05, 0.1) is 6.61 Å². The van der Waals surface area contributed by atoms with E-state index in [0.29, 0.717) is 12.0 Å². The molecule has 2 heteroatoms. The Kier molecular flexibility index (Phi) is 6.81. The summed E-state index contributed by atoms with van der Waals surface area (Å²) < 4.78 is 5.80. The van der Waals surface area contributed by atoms with Gasteiger partial charge in [-0.2, -0.15) is 0 Å². The minimum atomic E-state index is 0.443. The van der Waals surface area contributed by atoms with Crippen LogP contribution in [0.1, 0.15) is 51.6 Å². The number of rotatable bonds is 8. The maximum atomic E-state index is 5.80. The Morgan fingerprint density at radius 1 is 1.17 bits per heavy atom. The van der Waals surface area contributed by atoms with Crippen molar-refractivity contribution in [3.63, 3.8) is 0 Å². The lowest BCUT2D eigenvalue weighted by molar-refractivity contribution is 0.251. The summed E-state index contributed by atoms with van der Waals surface area (Å²) in [7, 11) is 2.00. The fourth-order valence-corrected chi connectivity index (χ4v) is 2.22. The molecule has 0 aromatic heterocycles.